The van der Waals surface area contributed by atoms with E-state index in [4.69, 9.17) is 0 Å². The molecule has 120 valence electrons. The van der Waals surface area contributed by atoms with Crippen LogP contribution < -0.4 is 5.32 Å². The molecule has 1 N–H and O–H groups in total. The van der Waals surface area contributed by atoms with Gasteiger partial charge in [0.15, 0.2) is 0 Å². The summed E-state index contributed by atoms with van der Waals surface area (Å²) in [5.74, 6) is 0. The molecule has 0 amide bonds. The Hall–Kier alpha value is -0.430. The van der Waals surface area contributed by atoms with Crippen molar-refractivity contribution in [2.75, 3.05) is 7.05 Å². The normalized spacial score (nSPS) is 16.7. The van der Waals surface area contributed by atoms with E-state index in [9.17, 15) is 8.42 Å². The molecule has 0 bridgehead atoms. The highest BCUT2D eigenvalue weighted by atomic mass is 32.2. The molecule has 0 aliphatic heterocycles. The maximum atomic E-state index is 12.8. The van der Waals surface area contributed by atoms with E-state index in [0.717, 1.165) is 22.7 Å². The molecule has 1 saturated carbocycles. The molecule has 6 heteroatoms. The zero-order chi connectivity index (χ0) is 15.8. The van der Waals surface area contributed by atoms with Gasteiger partial charge in [-0.15, -0.1) is 11.3 Å². The van der Waals surface area contributed by atoms with Gasteiger partial charge in [-0.3, -0.25) is 0 Å². The summed E-state index contributed by atoms with van der Waals surface area (Å²) in [6, 6.07) is 2.47. The Bertz CT molecular complexity index is 601. The molecule has 0 spiro atoms. The van der Waals surface area contributed by atoms with Gasteiger partial charge >= 0.3 is 0 Å². The van der Waals surface area contributed by atoms with E-state index in [1.54, 1.807) is 18.4 Å². The predicted octanol–water partition coefficient (Wildman–Crippen LogP) is 3.12. The van der Waals surface area contributed by atoms with Crippen LogP contribution in [-0.2, 0) is 16.6 Å². The Kier molecular flexibility index (Phi) is 4.83. The van der Waals surface area contributed by atoms with Crippen LogP contribution in [0.15, 0.2) is 11.0 Å². The SMILES string of the molecule is CCC(C)(C)N(C)S(=O)(=O)c1cc(CNC2CC2)sc1C. The van der Waals surface area contributed by atoms with E-state index in [1.165, 1.54) is 17.1 Å². The number of hydrogen-bond acceptors (Lipinski definition) is 4. The van der Waals surface area contributed by atoms with E-state index < -0.39 is 10.0 Å². The number of nitrogens with zero attached hydrogens (tertiary/aromatic N) is 1. The van der Waals surface area contributed by atoms with Crippen LogP contribution >= 0.6 is 11.3 Å². The molecule has 0 radical (unpaired) electrons. The first-order valence-electron chi connectivity index (χ1n) is 7.50. The van der Waals surface area contributed by atoms with Gasteiger partial charge < -0.3 is 5.32 Å². The minimum Gasteiger partial charge on any atom is -0.309 e. The van der Waals surface area contributed by atoms with E-state index in [2.05, 4.69) is 5.32 Å². The number of nitrogens with one attached hydrogen (secondary N) is 1. The highest BCUT2D eigenvalue weighted by Crippen LogP contribution is 2.32. The summed E-state index contributed by atoms with van der Waals surface area (Å²) in [7, 11) is -1.75. The summed E-state index contributed by atoms with van der Waals surface area (Å²) in [5.41, 5.74) is -0.375. The lowest BCUT2D eigenvalue weighted by Crippen LogP contribution is -2.44. The number of sulfonamides is 1. The fraction of sp³-hybridized carbons (Fsp3) is 0.733. The van der Waals surface area contributed by atoms with E-state index in [-0.39, 0.29) is 5.54 Å². The average Bonchev–Trinajstić information content (AvgIpc) is 3.17. The Morgan fingerprint density at radius 1 is 1.43 bits per heavy atom. The van der Waals surface area contributed by atoms with Crippen molar-refractivity contribution < 1.29 is 8.42 Å². The van der Waals surface area contributed by atoms with E-state index in [0.29, 0.717) is 10.9 Å². The van der Waals surface area contributed by atoms with Crippen LogP contribution in [0.25, 0.3) is 0 Å². The molecular weight excluding hydrogens is 304 g/mol. The molecular formula is C15H26N2O2S2. The van der Waals surface area contributed by atoms with Gasteiger partial charge in [-0.25, -0.2) is 8.42 Å². The van der Waals surface area contributed by atoms with Crippen LogP contribution in [0.4, 0.5) is 0 Å². The molecule has 1 aromatic rings. The molecule has 0 atom stereocenters. The first-order valence-corrected chi connectivity index (χ1v) is 9.76. The zero-order valence-electron chi connectivity index (χ0n) is 13.6. The number of thiophene rings is 1. The summed E-state index contributed by atoms with van der Waals surface area (Å²) in [5, 5.41) is 3.44. The molecule has 1 fully saturated rings. The smallest absolute Gasteiger partial charge is 0.244 e. The third kappa shape index (κ3) is 3.67. The molecule has 1 aromatic heterocycles. The standard InChI is InChI=1S/C15H26N2O2S2/c1-6-15(3,4)17(5)21(18,19)14-9-13(20-11(14)2)10-16-12-7-8-12/h9,12,16H,6-8,10H2,1-5H3. The van der Waals surface area contributed by atoms with Crippen LogP contribution in [-0.4, -0.2) is 31.4 Å². The largest absolute Gasteiger partial charge is 0.309 e. The fourth-order valence-corrected chi connectivity index (χ4v) is 5.23. The zero-order valence-corrected chi connectivity index (χ0v) is 15.2. The third-order valence-electron chi connectivity index (χ3n) is 4.42. The van der Waals surface area contributed by atoms with Gasteiger partial charge in [0.05, 0.1) is 4.90 Å². The van der Waals surface area contributed by atoms with Crippen molar-refractivity contribution >= 4 is 21.4 Å². The van der Waals surface area contributed by atoms with Crippen molar-refractivity contribution in [3.8, 4) is 0 Å². The summed E-state index contributed by atoms with van der Waals surface area (Å²) in [4.78, 5) is 2.44. The second-order valence-corrected chi connectivity index (χ2v) is 9.71. The van der Waals surface area contributed by atoms with Crippen molar-refractivity contribution in [1.82, 2.24) is 9.62 Å². The minimum absolute atomic E-state index is 0.375. The van der Waals surface area contributed by atoms with Gasteiger partial charge in [-0.05, 0) is 46.1 Å². The van der Waals surface area contributed by atoms with Crippen molar-refractivity contribution in [1.29, 1.82) is 0 Å². The summed E-state index contributed by atoms with van der Waals surface area (Å²) >= 11 is 1.58. The molecule has 2 rings (SSSR count). The first kappa shape index (κ1) is 16.9. The molecule has 1 aliphatic rings. The monoisotopic (exact) mass is 330 g/mol. The maximum Gasteiger partial charge on any atom is 0.244 e. The van der Waals surface area contributed by atoms with Crippen molar-refractivity contribution in [2.24, 2.45) is 0 Å². The topological polar surface area (TPSA) is 49.4 Å². The number of rotatable bonds is 7. The molecule has 0 saturated heterocycles. The molecule has 4 nitrogen and oxygen atoms in total. The van der Waals surface area contributed by atoms with E-state index in [1.807, 2.05) is 33.8 Å². The maximum absolute atomic E-state index is 12.8. The Balaban J connectivity index is 2.22. The lowest BCUT2D eigenvalue weighted by molar-refractivity contribution is 0.257. The first-order chi connectivity index (χ1) is 9.68. The summed E-state index contributed by atoms with van der Waals surface area (Å²) < 4.78 is 27.2. The van der Waals surface area contributed by atoms with Crippen LogP contribution in [0.5, 0.6) is 0 Å². The lowest BCUT2D eigenvalue weighted by atomic mass is 10.0. The predicted molar refractivity (Wildman–Crippen MR) is 88.2 cm³/mol. The molecule has 0 unspecified atom stereocenters. The Labute approximate surface area is 132 Å². The lowest BCUT2D eigenvalue weighted by Gasteiger charge is -2.33. The molecule has 21 heavy (non-hydrogen) atoms. The van der Waals surface area contributed by atoms with Crippen LogP contribution in [0.2, 0.25) is 0 Å². The van der Waals surface area contributed by atoms with Crippen molar-refractivity contribution in [2.45, 2.75) is 70.0 Å². The fourth-order valence-electron chi connectivity index (χ4n) is 2.10. The number of aryl methyl sites for hydroxylation is 1. The quantitative estimate of drug-likeness (QED) is 0.835. The average molecular weight is 331 g/mol. The number of hydrogen-bond donors (Lipinski definition) is 1. The summed E-state index contributed by atoms with van der Waals surface area (Å²) in [6.45, 7) is 8.60. The van der Waals surface area contributed by atoms with Gasteiger partial charge in [0.1, 0.15) is 0 Å². The minimum atomic E-state index is -3.43. The second kappa shape index (κ2) is 5.99. The Morgan fingerprint density at radius 3 is 2.57 bits per heavy atom. The molecule has 0 aromatic carbocycles. The van der Waals surface area contributed by atoms with E-state index >= 15 is 0 Å². The van der Waals surface area contributed by atoms with Crippen LogP contribution in [0.1, 0.15) is 49.8 Å². The second-order valence-electron chi connectivity index (χ2n) is 6.43. The van der Waals surface area contributed by atoms with Gasteiger partial charge in [-0.2, -0.15) is 4.31 Å². The van der Waals surface area contributed by atoms with Crippen LogP contribution in [0, 0.1) is 6.92 Å². The third-order valence-corrected chi connectivity index (χ3v) is 7.80. The highest BCUT2D eigenvalue weighted by Gasteiger charge is 2.34. The van der Waals surface area contributed by atoms with Gasteiger partial charge in [0.25, 0.3) is 0 Å². The van der Waals surface area contributed by atoms with Crippen molar-refractivity contribution in [3.05, 3.63) is 15.8 Å². The van der Waals surface area contributed by atoms with Gasteiger partial charge in [0.2, 0.25) is 10.0 Å². The highest BCUT2D eigenvalue weighted by molar-refractivity contribution is 7.89. The molecule has 1 aliphatic carbocycles. The van der Waals surface area contributed by atoms with Gasteiger partial charge in [0, 0.05) is 34.9 Å². The summed E-state index contributed by atoms with van der Waals surface area (Å²) in [6.07, 6.45) is 3.26. The van der Waals surface area contributed by atoms with Gasteiger partial charge in [-0.1, -0.05) is 6.92 Å². The van der Waals surface area contributed by atoms with Crippen LogP contribution in [0.3, 0.4) is 0 Å². The van der Waals surface area contributed by atoms with Crippen molar-refractivity contribution in [3.63, 3.8) is 0 Å². The molecule has 1 heterocycles. The Morgan fingerprint density at radius 2 is 2.05 bits per heavy atom.